The van der Waals surface area contributed by atoms with Crippen molar-refractivity contribution in [2.45, 2.75) is 78.1 Å². The molecule has 0 amide bonds. The number of phenols is 1. The number of phenolic OH excluding ortho intramolecular Hbond substituents is 1. The van der Waals surface area contributed by atoms with Crippen molar-refractivity contribution in [3.8, 4) is 23.0 Å². The highest BCUT2D eigenvalue weighted by Gasteiger charge is 2.26. The van der Waals surface area contributed by atoms with Crippen molar-refractivity contribution >= 4 is 12.6 Å². The molecule has 0 aliphatic heterocycles. The van der Waals surface area contributed by atoms with Crippen molar-refractivity contribution in [1.82, 2.24) is 0 Å². The van der Waals surface area contributed by atoms with Gasteiger partial charge in [-0.15, -0.1) is 0 Å². The summed E-state index contributed by atoms with van der Waals surface area (Å²) in [6.45, 7) is 13.2. The van der Waals surface area contributed by atoms with Crippen LogP contribution in [0.25, 0.3) is 0 Å². The molecule has 246 valence electrons. The van der Waals surface area contributed by atoms with Crippen molar-refractivity contribution in [3.05, 3.63) is 115 Å². The third-order valence-corrected chi connectivity index (χ3v) is 9.18. The Morgan fingerprint density at radius 2 is 0.745 bits per heavy atom. The Morgan fingerprint density at radius 1 is 0.489 bits per heavy atom. The van der Waals surface area contributed by atoms with E-state index < -0.39 is 0 Å². The average molecular weight is 635 g/mol. The standard InChI is InChI=1S/C41H46O6/c1-40(2,3)34-18-30-15-27-11-24(22-42)10-26(36(27)44)14-28-12-25(23-43)13-29(37(28)45-7)16-31-19-35(41(4,5)6)21-33(39(31)47-9)17-32(20-34)38(30)46-8/h10-13,18-23,44H,14-17H2,1-9H3. The maximum absolute atomic E-state index is 12.2. The second kappa shape index (κ2) is 12.9. The summed E-state index contributed by atoms with van der Waals surface area (Å²) in [6.07, 6.45) is 3.23. The number of aromatic hydroxyl groups is 1. The normalized spacial score (nSPS) is 13.1. The van der Waals surface area contributed by atoms with E-state index in [2.05, 4.69) is 65.8 Å². The van der Waals surface area contributed by atoms with Gasteiger partial charge in [0, 0.05) is 36.8 Å². The first-order valence-corrected chi connectivity index (χ1v) is 16.1. The number of hydrogen-bond donors (Lipinski definition) is 1. The van der Waals surface area contributed by atoms with E-state index in [-0.39, 0.29) is 23.0 Å². The summed E-state index contributed by atoms with van der Waals surface area (Å²) in [5.41, 5.74) is 9.66. The molecule has 6 nitrogen and oxygen atoms in total. The lowest BCUT2D eigenvalue weighted by Crippen LogP contribution is -2.15. The summed E-state index contributed by atoms with van der Waals surface area (Å²) >= 11 is 0. The quantitative estimate of drug-likeness (QED) is 0.196. The van der Waals surface area contributed by atoms with Gasteiger partial charge in [0.2, 0.25) is 0 Å². The van der Waals surface area contributed by atoms with Crippen molar-refractivity contribution in [1.29, 1.82) is 0 Å². The van der Waals surface area contributed by atoms with Gasteiger partial charge in [0.15, 0.2) is 0 Å². The van der Waals surface area contributed by atoms with E-state index in [1.807, 2.05) is 6.07 Å². The zero-order valence-electron chi connectivity index (χ0n) is 29.1. The number of hydrogen-bond acceptors (Lipinski definition) is 6. The average Bonchev–Trinajstić information content (AvgIpc) is 3.01. The minimum absolute atomic E-state index is 0.106. The molecule has 0 atom stereocenters. The molecule has 1 aliphatic carbocycles. The fourth-order valence-electron chi connectivity index (χ4n) is 6.74. The number of fused-ring (bicyclic) bond motifs is 8. The molecule has 4 aromatic carbocycles. The fourth-order valence-corrected chi connectivity index (χ4v) is 6.74. The van der Waals surface area contributed by atoms with Crippen LogP contribution in [-0.4, -0.2) is 39.0 Å². The second-order valence-corrected chi connectivity index (χ2v) is 14.7. The van der Waals surface area contributed by atoms with Crippen LogP contribution in [0.15, 0.2) is 48.5 Å². The number of aldehydes is 2. The molecule has 0 aromatic heterocycles. The minimum atomic E-state index is -0.160. The fraction of sp³-hybridized carbons (Fsp3) is 0.366. The van der Waals surface area contributed by atoms with Crippen molar-refractivity contribution in [2.24, 2.45) is 0 Å². The van der Waals surface area contributed by atoms with Crippen LogP contribution in [-0.2, 0) is 36.5 Å². The predicted octanol–water partition coefficient (Wildman–Crippen LogP) is 8.31. The molecule has 1 N–H and O–H groups in total. The predicted molar refractivity (Wildman–Crippen MR) is 186 cm³/mol. The van der Waals surface area contributed by atoms with Gasteiger partial charge >= 0.3 is 0 Å². The summed E-state index contributed by atoms with van der Waals surface area (Å²) < 4.78 is 18.4. The minimum Gasteiger partial charge on any atom is -0.507 e. The first kappa shape index (κ1) is 33.8. The Kier molecular flexibility index (Phi) is 9.27. The lowest BCUT2D eigenvalue weighted by Gasteiger charge is -2.27. The number of methoxy groups -OCH3 is 3. The van der Waals surface area contributed by atoms with E-state index in [1.165, 1.54) is 5.56 Å². The molecule has 0 saturated heterocycles. The van der Waals surface area contributed by atoms with Crippen LogP contribution in [0, 0.1) is 0 Å². The van der Waals surface area contributed by atoms with E-state index in [4.69, 9.17) is 14.2 Å². The number of carbonyl (C=O) groups is 2. The highest BCUT2D eigenvalue weighted by molar-refractivity contribution is 5.78. The summed E-state index contributed by atoms with van der Waals surface area (Å²) in [5, 5.41) is 11.7. The van der Waals surface area contributed by atoms with E-state index in [0.29, 0.717) is 47.3 Å². The molecule has 8 bridgehead atoms. The van der Waals surface area contributed by atoms with Crippen LogP contribution in [0.5, 0.6) is 23.0 Å². The number of benzene rings is 4. The Labute approximate surface area is 278 Å². The summed E-state index contributed by atoms with van der Waals surface area (Å²) in [4.78, 5) is 24.4. The van der Waals surface area contributed by atoms with Gasteiger partial charge in [0.05, 0.1) is 21.3 Å². The van der Waals surface area contributed by atoms with Gasteiger partial charge in [-0.25, -0.2) is 0 Å². The van der Waals surface area contributed by atoms with E-state index in [9.17, 15) is 14.7 Å². The molecule has 0 radical (unpaired) electrons. The molecule has 0 heterocycles. The molecule has 6 heteroatoms. The van der Waals surface area contributed by atoms with E-state index in [1.54, 1.807) is 39.5 Å². The summed E-state index contributed by atoms with van der Waals surface area (Å²) in [6, 6.07) is 15.9. The molecule has 0 saturated carbocycles. The lowest BCUT2D eigenvalue weighted by atomic mass is 9.80. The van der Waals surface area contributed by atoms with Crippen molar-refractivity contribution in [2.75, 3.05) is 21.3 Å². The Bertz CT molecular complexity index is 1850. The molecule has 0 spiro atoms. The molecular formula is C41H46O6. The Balaban J connectivity index is 1.91. The SMILES string of the molecule is COc1c2cc(C=O)cc1Cc1cc(C(C)(C)C)cc(c1OC)Cc1cc(C(C)(C)C)cc(c1OC)Cc1cc(C=O)cc(c1O)C2. The van der Waals surface area contributed by atoms with Crippen LogP contribution >= 0.6 is 0 Å². The third kappa shape index (κ3) is 6.78. The summed E-state index contributed by atoms with van der Waals surface area (Å²) in [5.74, 6) is 2.27. The highest BCUT2D eigenvalue weighted by Crippen LogP contribution is 2.42. The monoisotopic (exact) mass is 634 g/mol. The van der Waals surface area contributed by atoms with Gasteiger partial charge in [0.25, 0.3) is 0 Å². The third-order valence-electron chi connectivity index (χ3n) is 9.18. The van der Waals surface area contributed by atoms with Crippen LogP contribution in [0.3, 0.4) is 0 Å². The lowest BCUT2D eigenvalue weighted by molar-refractivity contribution is 0.111. The number of ether oxygens (including phenoxy) is 3. The Hall–Kier alpha value is -4.58. The molecular weight excluding hydrogens is 588 g/mol. The first-order valence-electron chi connectivity index (χ1n) is 16.1. The first-order chi connectivity index (χ1) is 22.2. The second-order valence-electron chi connectivity index (χ2n) is 14.7. The van der Waals surface area contributed by atoms with Crippen LogP contribution in [0.2, 0.25) is 0 Å². The zero-order valence-corrected chi connectivity index (χ0v) is 29.1. The maximum atomic E-state index is 12.2. The van der Waals surface area contributed by atoms with Gasteiger partial charge in [-0.05, 0) is 90.7 Å². The summed E-state index contributed by atoms with van der Waals surface area (Å²) in [7, 11) is 5.01. The molecule has 47 heavy (non-hydrogen) atoms. The van der Waals surface area contributed by atoms with Crippen LogP contribution < -0.4 is 14.2 Å². The molecule has 0 unspecified atom stereocenters. The largest absolute Gasteiger partial charge is 0.507 e. The van der Waals surface area contributed by atoms with Gasteiger partial charge in [-0.2, -0.15) is 0 Å². The highest BCUT2D eigenvalue weighted by atomic mass is 16.5. The molecule has 4 aromatic rings. The molecule has 0 fully saturated rings. The van der Waals surface area contributed by atoms with Crippen molar-refractivity contribution < 1.29 is 28.9 Å². The van der Waals surface area contributed by atoms with Crippen LogP contribution in [0.1, 0.15) is 118 Å². The molecule has 1 aliphatic rings. The zero-order chi connectivity index (χ0) is 34.3. The topological polar surface area (TPSA) is 82.1 Å². The number of rotatable bonds is 5. The molecule has 5 rings (SSSR count). The van der Waals surface area contributed by atoms with Crippen LogP contribution in [0.4, 0.5) is 0 Å². The van der Waals surface area contributed by atoms with Gasteiger partial charge in [-0.3, -0.25) is 9.59 Å². The van der Waals surface area contributed by atoms with E-state index >= 15 is 0 Å². The smallest absolute Gasteiger partial charge is 0.150 e. The van der Waals surface area contributed by atoms with Gasteiger partial charge < -0.3 is 19.3 Å². The van der Waals surface area contributed by atoms with E-state index in [0.717, 1.165) is 63.0 Å². The van der Waals surface area contributed by atoms with Gasteiger partial charge in [-0.1, -0.05) is 65.8 Å². The Morgan fingerprint density at radius 3 is 1.00 bits per heavy atom. The van der Waals surface area contributed by atoms with Gasteiger partial charge in [0.1, 0.15) is 35.6 Å². The van der Waals surface area contributed by atoms with Crippen molar-refractivity contribution in [3.63, 3.8) is 0 Å². The maximum Gasteiger partial charge on any atom is 0.150 e. The number of carbonyl (C=O) groups excluding carboxylic acids is 2.